The fourth-order valence-corrected chi connectivity index (χ4v) is 3.71. The Morgan fingerprint density at radius 3 is 2.44 bits per heavy atom. The van der Waals surface area contributed by atoms with Gasteiger partial charge < -0.3 is 10.0 Å². The Bertz CT molecular complexity index is 788. The maximum atomic E-state index is 12.8. The van der Waals surface area contributed by atoms with Gasteiger partial charge in [-0.2, -0.15) is 0 Å². The van der Waals surface area contributed by atoms with Gasteiger partial charge in [-0.25, -0.2) is 4.79 Å². The number of para-hydroxylation sites is 1. The fraction of sp³-hybridized carbons (Fsp3) is 0.444. The number of urea groups is 1. The van der Waals surface area contributed by atoms with Crippen molar-refractivity contribution in [3.63, 3.8) is 0 Å². The topological polar surface area (TPSA) is 119 Å². The summed E-state index contributed by atoms with van der Waals surface area (Å²) in [4.78, 5) is 51.7. The molecule has 144 valence electrons. The van der Waals surface area contributed by atoms with Crippen LogP contribution < -0.4 is 10.9 Å². The van der Waals surface area contributed by atoms with Crippen LogP contribution in [-0.4, -0.2) is 57.8 Å². The summed E-state index contributed by atoms with van der Waals surface area (Å²) in [5, 5.41) is 9.64. The Balaban J connectivity index is 1.61. The van der Waals surface area contributed by atoms with Gasteiger partial charge in [0.05, 0.1) is 5.56 Å². The highest BCUT2D eigenvalue weighted by molar-refractivity contribution is 6.09. The van der Waals surface area contributed by atoms with Gasteiger partial charge in [0.25, 0.3) is 17.7 Å². The molecule has 9 heteroatoms. The predicted molar refractivity (Wildman–Crippen MR) is 94.4 cm³/mol. The third-order valence-corrected chi connectivity index (χ3v) is 5.25. The molecule has 1 aromatic carbocycles. The van der Waals surface area contributed by atoms with Crippen LogP contribution in [0.4, 0.5) is 4.79 Å². The van der Waals surface area contributed by atoms with Crippen LogP contribution in [0.1, 0.15) is 42.5 Å². The van der Waals surface area contributed by atoms with Crippen molar-refractivity contribution in [3.05, 3.63) is 29.8 Å². The van der Waals surface area contributed by atoms with Gasteiger partial charge in [0.15, 0.2) is 0 Å². The molecule has 9 nitrogen and oxygen atoms in total. The van der Waals surface area contributed by atoms with E-state index in [0.717, 1.165) is 24.2 Å². The quantitative estimate of drug-likeness (QED) is 0.533. The van der Waals surface area contributed by atoms with E-state index in [-0.39, 0.29) is 17.2 Å². The van der Waals surface area contributed by atoms with Crippen LogP contribution in [-0.2, 0) is 9.59 Å². The summed E-state index contributed by atoms with van der Waals surface area (Å²) in [7, 11) is 1.59. The summed E-state index contributed by atoms with van der Waals surface area (Å²) in [6.45, 7) is -0.481. The van der Waals surface area contributed by atoms with Gasteiger partial charge in [-0.05, 0) is 25.0 Å². The number of likely N-dealkylation sites (N-methyl/N-ethyl adjacent to an activating group) is 1. The maximum Gasteiger partial charge on any atom is 0.327 e. The largest absolute Gasteiger partial charge is 0.507 e. The number of phenols is 1. The van der Waals surface area contributed by atoms with Crippen LogP contribution in [0.2, 0.25) is 0 Å². The van der Waals surface area contributed by atoms with Crippen LogP contribution in [0.25, 0.3) is 0 Å². The molecule has 1 aliphatic heterocycles. The number of nitrogens with one attached hydrogen (secondary N) is 2. The van der Waals surface area contributed by atoms with Gasteiger partial charge in [-0.3, -0.25) is 30.1 Å². The standard InChI is InChI=1S/C18H22N4O5/c1-21-17(27)22(16(26)18(21)9-5-2-6-10-18)11-14(24)19-20-15(25)12-7-3-4-8-13(12)23/h3-4,7-8,23H,2,5-6,9-11H2,1H3,(H,19,24)(H,20,25). The van der Waals surface area contributed by atoms with Crippen LogP contribution in [0.3, 0.4) is 0 Å². The molecule has 2 fully saturated rings. The second kappa shape index (κ2) is 7.26. The number of hydrogen-bond acceptors (Lipinski definition) is 5. The van der Waals surface area contributed by atoms with Crippen molar-refractivity contribution >= 4 is 23.8 Å². The zero-order chi connectivity index (χ0) is 19.6. The highest BCUT2D eigenvalue weighted by Gasteiger charge is 2.55. The van der Waals surface area contributed by atoms with Crippen molar-refractivity contribution in [3.8, 4) is 5.75 Å². The van der Waals surface area contributed by atoms with Gasteiger partial charge in [0.1, 0.15) is 17.8 Å². The molecule has 1 aromatic rings. The van der Waals surface area contributed by atoms with Gasteiger partial charge in [-0.15, -0.1) is 0 Å². The smallest absolute Gasteiger partial charge is 0.327 e. The molecule has 1 spiro atoms. The first-order valence-electron chi connectivity index (χ1n) is 8.84. The van der Waals surface area contributed by atoms with E-state index in [9.17, 15) is 24.3 Å². The first-order chi connectivity index (χ1) is 12.9. The number of imide groups is 1. The zero-order valence-electron chi connectivity index (χ0n) is 15.0. The number of aromatic hydroxyl groups is 1. The Morgan fingerprint density at radius 1 is 1.11 bits per heavy atom. The Kier molecular flexibility index (Phi) is 5.02. The number of benzene rings is 1. The average Bonchev–Trinajstić information content (AvgIpc) is 2.83. The Morgan fingerprint density at radius 2 is 1.78 bits per heavy atom. The molecule has 3 rings (SSSR count). The molecule has 27 heavy (non-hydrogen) atoms. The molecule has 0 radical (unpaired) electrons. The Hall–Kier alpha value is -3.10. The molecule has 1 heterocycles. The van der Waals surface area contributed by atoms with Crippen molar-refractivity contribution < 1.29 is 24.3 Å². The molecular weight excluding hydrogens is 352 g/mol. The summed E-state index contributed by atoms with van der Waals surface area (Å²) in [6.07, 6.45) is 3.93. The third-order valence-electron chi connectivity index (χ3n) is 5.25. The number of carbonyl (C=O) groups excluding carboxylic acids is 4. The number of amides is 5. The average molecular weight is 374 g/mol. The van der Waals surface area contributed by atoms with Crippen LogP contribution in [0.5, 0.6) is 5.75 Å². The van der Waals surface area contributed by atoms with E-state index < -0.39 is 29.9 Å². The lowest BCUT2D eigenvalue weighted by molar-refractivity contribution is -0.137. The van der Waals surface area contributed by atoms with Gasteiger partial charge >= 0.3 is 6.03 Å². The molecule has 0 aromatic heterocycles. The van der Waals surface area contributed by atoms with E-state index in [4.69, 9.17) is 0 Å². The predicted octanol–water partition coefficient (Wildman–Crippen LogP) is 0.750. The first kappa shape index (κ1) is 18.7. The molecule has 2 aliphatic rings. The molecular formula is C18H22N4O5. The molecule has 1 saturated carbocycles. The number of hydrogen-bond donors (Lipinski definition) is 3. The number of nitrogens with zero attached hydrogens (tertiary/aromatic N) is 2. The monoisotopic (exact) mass is 374 g/mol. The second-order valence-electron chi connectivity index (χ2n) is 6.84. The lowest BCUT2D eigenvalue weighted by Crippen LogP contribution is -2.50. The van der Waals surface area contributed by atoms with Crippen molar-refractivity contribution in [2.45, 2.75) is 37.6 Å². The first-order valence-corrected chi connectivity index (χ1v) is 8.84. The fourth-order valence-electron chi connectivity index (χ4n) is 3.71. The minimum Gasteiger partial charge on any atom is -0.507 e. The number of phenolic OH excluding ortho intramolecular Hbond substituents is 1. The molecule has 1 saturated heterocycles. The molecule has 5 amide bonds. The van der Waals surface area contributed by atoms with E-state index in [2.05, 4.69) is 10.9 Å². The van der Waals surface area contributed by atoms with E-state index in [1.165, 1.54) is 17.0 Å². The summed E-state index contributed by atoms with van der Waals surface area (Å²) in [6, 6.07) is 5.36. The van der Waals surface area contributed by atoms with Crippen LogP contribution in [0, 0.1) is 0 Å². The molecule has 3 N–H and O–H groups in total. The molecule has 1 aliphatic carbocycles. The SMILES string of the molecule is CN1C(=O)N(CC(=O)NNC(=O)c2ccccc2O)C(=O)C12CCCCC2. The summed E-state index contributed by atoms with van der Waals surface area (Å²) in [5.41, 5.74) is 3.47. The number of rotatable bonds is 3. The second-order valence-corrected chi connectivity index (χ2v) is 6.84. The van der Waals surface area contributed by atoms with E-state index in [0.29, 0.717) is 12.8 Å². The van der Waals surface area contributed by atoms with Gasteiger partial charge in [-0.1, -0.05) is 31.4 Å². The highest BCUT2D eigenvalue weighted by atomic mass is 16.3. The lowest BCUT2D eigenvalue weighted by Gasteiger charge is -2.35. The van der Waals surface area contributed by atoms with Crippen molar-refractivity contribution in [2.24, 2.45) is 0 Å². The Labute approximate surface area is 156 Å². The van der Waals surface area contributed by atoms with Crippen molar-refractivity contribution in [2.75, 3.05) is 13.6 Å². The van der Waals surface area contributed by atoms with Gasteiger partial charge in [0, 0.05) is 7.05 Å². The van der Waals surface area contributed by atoms with Crippen molar-refractivity contribution in [1.82, 2.24) is 20.7 Å². The van der Waals surface area contributed by atoms with Gasteiger partial charge in [0.2, 0.25) is 0 Å². The minimum atomic E-state index is -0.852. The summed E-state index contributed by atoms with van der Waals surface area (Å²) < 4.78 is 0. The molecule has 0 bridgehead atoms. The molecule has 0 atom stereocenters. The summed E-state index contributed by atoms with van der Waals surface area (Å²) >= 11 is 0. The van der Waals surface area contributed by atoms with E-state index in [1.807, 2.05) is 0 Å². The summed E-state index contributed by atoms with van der Waals surface area (Å²) in [5.74, 6) is -2.00. The lowest BCUT2D eigenvalue weighted by atomic mass is 9.81. The zero-order valence-corrected chi connectivity index (χ0v) is 15.0. The highest BCUT2D eigenvalue weighted by Crippen LogP contribution is 2.39. The van der Waals surface area contributed by atoms with Crippen LogP contribution in [0.15, 0.2) is 24.3 Å². The van der Waals surface area contributed by atoms with Crippen LogP contribution >= 0.6 is 0 Å². The van der Waals surface area contributed by atoms with Crippen molar-refractivity contribution in [1.29, 1.82) is 0 Å². The maximum absolute atomic E-state index is 12.8. The number of carbonyl (C=O) groups is 4. The third kappa shape index (κ3) is 3.32. The minimum absolute atomic E-state index is 0.00739. The molecule has 0 unspecified atom stereocenters. The van der Waals surface area contributed by atoms with E-state index >= 15 is 0 Å². The number of hydrazine groups is 1. The van der Waals surface area contributed by atoms with E-state index in [1.54, 1.807) is 19.2 Å². The normalized spacial score (nSPS) is 18.7.